The summed E-state index contributed by atoms with van der Waals surface area (Å²) in [6.45, 7) is 1.89. The Labute approximate surface area is 93.3 Å². The number of benzene rings is 1. The minimum atomic E-state index is -0.534. The molecule has 0 fully saturated rings. The van der Waals surface area contributed by atoms with Crippen molar-refractivity contribution in [3.05, 3.63) is 36.0 Å². The topological polar surface area (TPSA) is 65.1 Å². The van der Waals surface area contributed by atoms with Gasteiger partial charge in [0.2, 0.25) is 0 Å². The predicted molar refractivity (Wildman–Crippen MR) is 62.3 cm³/mol. The number of H-pyrrole nitrogens is 1. The van der Waals surface area contributed by atoms with Crippen LogP contribution in [0.15, 0.2) is 30.3 Å². The summed E-state index contributed by atoms with van der Waals surface area (Å²) in [7, 11) is 0. The molecule has 1 aromatic carbocycles. The molecule has 0 aliphatic rings. The van der Waals surface area contributed by atoms with Crippen LogP contribution >= 0.6 is 0 Å². The van der Waals surface area contributed by atoms with Gasteiger partial charge in [-0.2, -0.15) is 0 Å². The Morgan fingerprint density at radius 1 is 1.50 bits per heavy atom. The molecule has 1 amide bonds. The van der Waals surface area contributed by atoms with Crippen LogP contribution in [0.3, 0.4) is 0 Å². The van der Waals surface area contributed by atoms with Gasteiger partial charge in [0.15, 0.2) is 0 Å². The van der Waals surface area contributed by atoms with Crippen molar-refractivity contribution in [3.8, 4) is 0 Å². The van der Waals surface area contributed by atoms with E-state index in [4.69, 9.17) is 5.11 Å². The first-order chi connectivity index (χ1) is 7.66. The van der Waals surface area contributed by atoms with E-state index in [-0.39, 0.29) is 12.5 Å². The number of para-hydroxylation sites is 1. The average molecular weight is 218 g/mol. The van der Waals surface area contributed by atoms with Gasteiger partial charge in [-0.3, -0.25) is 4.79 Å². The third-order valence-corrected chi connectivity index (χ3v) is 2.33. The maximum absolute atomic E-state index is 11.7. The second-order valence-corrected chi connectivity index (χ2v) is 3.83. The molecular formula is C12H14N2O2. The Bertz CT molecular complexity index is 469. The number of aliphatic hydroxyl groups is 1. The summed E-state index contributed by atoms with van der Waals surface area (Å²) in [5.41, 5.74) is 1.45. The van der Waals surface area contributed by atoms with Gasteiger partial charge in [0.05, 0.1) is 6.10 Å². The second-order valence-electron chi connectivity index (χ2n) is 3.83. The Hall–Kier alpha value is -1.81. The van der Waals surface area contributed by atoms with Crippen LogP contribution < -0.4 is 5.32 Å². The normalized spacial score (nSPS) is 12.6. The number of hydrogen-bond acceptors (Lipinski definition) is 2. The number of rotatable bonds is 3. The number of nitrogens with one attached hydrogen (secondary N) is 2. The predicted octanol–water partition coefficient (Wildman–Crippen LogP) is 1.28. The first kappa shape index (κ1) is 10.7. The number of fused-ring (bicyclic) bond motifs is 1. The largest absolute Gasteiger partial charge is 0.392 e. The Morgan fingerprint density at radius 2 is 2.25 bits per heavy atom. The van der Waals surface area contributed by atoms with Gasteiger partial charge in [0.1, 0.15) is 5.69 Å². The molecule has 0 saturated heterocycles. The summed E-state index contributed by atoms with van der Waals surface area (Å²) in [5.74, 6) is -0.197. The molecule has 0 bridgehead atoms. The number of carbonyl (C=O) groups excluding carboxylic acids is 1. The van der Waals surface area contributed by atoms with Gasteiger partial charge < -0.3 is 15.4 Å². The monoisotopic (exact) mass is 218 g/mol. The van der Waals surface area contributed by atoms with Crippen molar-refractivity contribution in [2.45, 2.75) is 13.0 Å². The van der Waals surface area contributed by atoms with Crippen LogP contribution in [0.25, 0.3) is 10.9 Å². The van der Waals surface area contributed by atoms with E-state index in [1.54, 1.807) is 13.0 Å². The number of aliphatic hydroxyl groups excluding tert-OH is 1. The molecule has 0 saturated carbocycles. The van der Waals surface area contributed by atoms with Crippen LogP contribution in [0, 0.1) is 0 Å². The SMILES string of the molecule is C[C@H](O)CNC(=O)c1cc2ccccc2[nH]1. The fraction of sp³-hybridized carbons (Fsp3) is 0.250. The molecule has 0 spiro atoms. The molecule has 0 aliphatic heterocycles. The Balaban J connectivity index is 2.17. The maximum atomic E-state index is 11.7. The van der Waals surface area contributed by atoms with Crippen LogP contribution in [-0.2, 0) is 0 Å². The highest BCUT2D eigenvalue weighted by Crippen LogP contribution is 2.14. The summed E-state index contributed by atoms with van der Waals surface area (Å²) in [6, 6.07) is 9.49. The van der Waals surface area contributed by atoms with Gasteiger partial charge in [-0.15, -0.1) is 0 Å². The van der Waals surface area contributed by atoms with Gasteiger partial charge in [-0.05, 0) is 19.1 Å². The van der Waals surface area contributed by atoms with Gasteiger partial charge in [0.25, 0.3) is 5.91 Å². The summed E-state index contributed by atoms with van der Waals surface area (Å²) >= 11 is 0. The van der Waals surface area contributed by atoms with Crippen molar-refractivity contribution in [1.29, 1.82) is 0 Å². The lowest BCUT2D eigenvalue weighted by molar-refractivity contribution is 0.0920. The van der Waals surface area contributed by atoms with E-state index in [1.165, 1.54) is 0 Å². The molecule has 16 heavy (non-hydrogen) atoms. The molecule has 0 unspecified atom stereocenters. The first-order valence-corrected chi connectivity index (χ1v) is 5.21. The van der Waals surface area contributed by atoms with Gasteiger partial charge in [-0.25, -0.2) is 0 Å². The summed E-state index contributed by atoms with van der Waals surface area (Å²) in [4.78, 5) is 14.7. The lowest BCUT2D eigenvalue weighted by atomic mass is 10.2. The lowest BCUT2D eigenvalue weighted by Crippen LogP contribution is -2.30. The minimum absolute atomic E-state index is 0.197. The standard InChI is InChI=1S/C12H14N2O2/c1-8(15)7-13-12(16)11-6-9-4-2-3-5-10(9)14-11/h2-6,8,14-15H,7H2,1H3,(H,13,16)/t8-/m0/s1. The zero-order valence-electron chi connectivity index (χ0n) is 9.03. The second kappa shape index (κ2) is 4.37. The first-order valence-electron chi connectivity index (χ1n) is 5.21. The van der Waals surface area contributed by atoms with Crippen molar-refractivity contribution in [2.75, 3.05) is 6.54 Å². The fourth-order valence-corrected chi connectivity index (χ4v) is 1.53. The highest BCUT2D eigenvalue weighted by Gasteiger charge is 2.09. The van der Waals surface area contributed by atoms with Crippen LogP contribution in [0.1, 0.15) is 17.4 Å². The Kier molecular flexibility index (Phi) is 2.92. The van der Waals surface area contributed by atoms with E-state index in [0.717, 1.165) is 10.9 Å². The number of hydrogen-bond donors (Lipinski definition) is 3. The van der Waals surface area contributed by atoms with Crippen molar-refractivity contribution < 1.29 is 9.90 Å². The highest BCUT2D eigenvalue weighted by atomic mass is 16.3. The molecule has 4 nitrogen and oxygen atoms in total. The minimum Gasteiger partial charge on any atom is -0.392 e. The molecule has 2 rings (SSSR count). The smallest absolute Gasteiger partial charge is 0.267 e. The highest BCUT2D eigenvalue weighted by molar-refractivity contribution is 5.97. The van der Waals surface area contributed by atoms with Crippen molar-refractivity contribution in [1.82, 2.24) is 10.3 Å². The maximum Gasteiger partial charge on any atom is 0.267 e. The number of carbonyl (C=O) groups is 1. The summed E-state index contributed by atoms with van der Waals surface area (Å²) in [6.07, 6.45) is -0.534. The van der Waals surface area contributed by atoms with Gasteiger partial charge >= 0.3 is 0 Å². The van der Waals surface area contributed by atoms with Crippen LogP contribution in [0.4, 0.5) is 0 Å². The molecular weight excluding hydrogens is 204 g/mol. The van der Waals surface area contributed by atoms with Gasteiger partial charge in [-0.1, -0.05) is 18.2 Å². The van der Waals surface area contributed by atoms with Crippen molar-refractivity contribution >= 4 is 16.8 Å². The number of amides is 1. The molecule has 84 valence electrons. The van der Waals surface area contributed by atoms with Crippen molar-refractivity contribution in [2.24, 2.45) is 0 Å². The summed E-state index contributed by atoms with van der Waals surface area (Å²) in [5, 5.41) is 12.7. The fourth-order valence-electron chi connectivity index (χ4n) is 1.53. The molecule has 1 atom stereocenters. The van der Waals surface area contributed by atoms with E-state index in [2.05, 4.69) is 10.3 Å². The third kappa shape index (κ3) is 2.23. The molecule has 0 radical (unpaired) electrons. The zero-order chi connectivity index (χ0) is 11.5. The van der Waals surface area contributed by atoms with Crippen LogP contribution in [0.2, 0.25) is 0 Å². The molecule has 1 aromatic heterocycles. The molecule has 2 aromatic rings. The number of aromatic nitrogens is 1. The quantitative estimate of drug-likeness (QED) is 0.726. The van der Waals surface area contributed by atoms with Gasteiger partial charge in [0, 0.05) is 17.4 Å². The third-order valence-electron chi connectivity index (χ3n) is 2.33. The molecule has 1 heterocycles. The van der Waals surface area contributed by atoms with Crippen LogP contribution in [0.5, 0.6) is 0 Å². The Morgan fingerprint density at radius 3 is 2.94 bits per heavy atom. The van der Waals surface area contributed by atoms with E-state index < -0.39 is 6.10 Å². The van der Waals surface area contributed by atoms with E-state index in [9.17, 15) is 4.79 Å². The lowest BCUT2D eigenvalue weighted by Gasteiger charge is -2.05. The van der Waals surface area contributed by atoms with E-state index in [0.29, 0.717) is 5.69 Å². The van der Waals surface area contributed by atoms with E-state index in [1.807, 2.05) is 24.3 Å². The summed E-state index contributed by atoms with van der Waals surface area (Å²) < 4.78 is 0. The van der Waals surface area contributed by atoms with Crippen LogP contribution in [-0.4, -0.2) is 28.6 Å². The molecule has 3 N–H and O–H groups in total. The number of aromatic amines is 1. The zero-order valence-corrected chi connectivity index (χ0v) is 9.03. The molecule has 4 heteroatoms. The van der Waals surface area contributed by atoms with E-state index >= 15 is 0 Å². The molecule has 0 aliphatic carbocycles. The van der Waals surface area contributed by atoms with Crippen molar-refractivity contribution in [3.63, 3.8) is 0 Å². The average Bonchev–Trinajstić information content (AvgIpc) is 2.69.